The number of benzene rings is 4. The summed E-state index contributed by atoms with van der Waals surface area (Å²) < 4.78 is 6.00. The van der Waals surface area contributed by atoms with Crippen molar-refractivity contribution in [3.8, 4) is 11.8 Å². The molecule has 0 saturated carbocycles. The molecule has 0 bridgehead atoms. The molecule has 0 aliphatic carbocycles. The van der Waals surface area contributed by atoms with Crippen molar-refractivity contribution in [3.05, 3.63) is 113 Å². The monoisotopic (exact) mass is 462 g/mol. The van der Waals surface area contributed by atoms with Crippen LogP contribution in [0, 0.1) is 11.3 Å². The van der Waals surface area contributed by atoms with Gasteiger partial charge in [0, 0.05) is 29.3 Å². The van der Waals surface area contributed by atoms with Gasteiger partial charge in [0.05, 0.1) is 18.2 Å². The quantitative estimate of drug-likeness (QED) is 0.328. The summed E-state index contributed by atoms with van der Waals surface area (Å²) in [7, 11) is 0. The van der Waals surface area contributed by atoms with Crippen LogP contribution in [-0.4, -0.2) is 23.6 Å². The van der Waals surface area contributed by atoms with Gasteiger partial charge in [0.2, 0.25) is 0 Å². The minimum absolute atomic E-state index is 0.348. The fourth-order valence-corrected chi connectivity index (χ4v) is 3.64. The van der Waals surface area contributed by atoms with Crippen molar-refractivity contribution in [2.75, 3.05) is 11.9 Å². The van der Waals surface area contributed by atoms with Gasteiger partial charge in [-0.15, -0.1) is 0 Å². The molecule has 0 radical (unpaired) electrons. The fourth-order valence-electron chi connectivity index (χ4n) is 3.64. The van der Waals surface area contributed by atoms with E-state index in [1.54, 1.807) is 42.5 Å². The van der Waals surface area contributed by atoms with Crippen molar-refractivity contribution in [1.29, 1.82) is 5.26 Å². The van der Waals surface area contributed by atoms with Crippen molar-refractivity contribution in [3.63, 3.8) is 0 Å². The Labute approximate surface area is 202 Å². The van der Waals surface area contributed by atoms with Crippen LogP contribution in [0.5, 0.6) is 5.75 Å². The number of amides is 1. The first kappa shape index (κ1) is 23.3. The molecule has 2 N–H and O–H groups in total. The Morgan fingerprint density at radius 3 is 2.57 bits per heavy atom. The van der Waals surface area contributed by atoms with Gasteiger partial charge in [0.25, 0.3) is 5.91 Å². The Morgan fingerprint density at radius 2 is 1.77 bits per heavy atom. The van der Waals surface area contributed by atoms with Crippen LogP contribution >= 0.6 is 0 Å². The number of nitrogens with zero attached hydrogens (tertiary/aromatic N) is 1. The van der Waals surface area contributed by atoms with Gasteiger partial charge in [-0.05, 0) is 52.7 Å². The van der Waals surface area contributed by atoms with E-state index in [2.05, 4.69) is 35.6 Å². The molecule has 4 rings (SSSR count). The predicted molar refractivity (Wildman–Crippen MR) is 135 cm³/mol. The summed E-state index contributed by atoms with van der Waals surface area (Å²) in [5.41, 5.74) is 2.95. The van der Waals surface area contributed by atoms with Gasteiger partial charge in [0.15, 0.2) is 0 Å². The van der Waals surface area contributed by atoms with E-state index >= 15 is 0 Å². The first-order chi connectivity index (χ1) is 17.0. The molecule has 0 saturated heterocycles. The highest BCUT2D eigenvalue weighted by atomic mass is 16.5. The number of carboxylic acid groups (broad SMARTS) is 1. The minimum atomic E-state index is -1.08. The van der Waals surface area contributed by atoms with Gasteiger partial charge in [-0.3, -0.25) is 4.79 Å². The molecule has 0 aliphatic rings. The third-order valence-corrected chi connectivity index (χ3v) is 5.39. The van der Waals surface area contributed by atoms with Crippen molar-refractivity contribution in [2.45, 2.75) is 6.42 Å². The Kier molecular flexibility index (Phi) is 7.19. The van der Waals surface area contributed by atoms with Gasteiger partial charge in [0.1, 0.15) is 5.75 Å². The normalized spacial score (nSPS) is 10.7. The molecule has 1 amide bonds. The lowest BCUT2D eigenvalue weighted by Crippen LogP contribution is -2.12. The van der Waals surface area contributed by atoms with E-state index in [-0.39, 0.29) is 5.91 Å². The van der Waals surface area contributed by atoms with Crippen molar-refractivity contribution in [2.24, 2.45) is 0 Å². The lowest BCUT2D eigenvalue weighted by atomic mass is 10.1. The second-order valence-corrected chi connectivity index (χ2v) is 7.85. The van der Waals surface area contributed by atoms with E-state index in [4.69, 9.17) is 15.1 Å². The predicted octanol–water partition coefficient (Wildman–Crippen LogP) is 5.68. The lowest BCUT2D eigenvalue weighted by molar-refractivity contribution is -0.131. The molecule has 6 heteroatoms. The van der Waals surface area contributed by atoms with Crippen LogP contribution in [0.25, 0.3) is 16.8 Å². The summed E-state index contributed by atoms with van der Waals surface area (Å²) in [6.07, 6.45) is 3.11. The molecule has 0 unspecified atom stereocenters. The molecule has 4 aromatic carbocycles. The molecule has 0 aliphatic heterocycles. The van der Waals surface area contributed by atoms with E-state index in [1.807, 2.05) is 18.2 Å². The zero-order valence-electron chi connectivity index (χ0n) is 18.8. The zero-order chi connectivity index (χ0) is 24.6. The Bertz CT molecular complexity index is 1470. The molecule has 35 heavy (non-hydrogen) atoms. The van der Waals surface area contributed by atoms with Gasteiger partial charge in [-0.2, -0.15) is 5.26 Å². The number of fused-ring (bicyclic) bond motifs is 1. The second kappa shape index (κ2) is 10.8. The topological polar surface area (TPSA) is 99.4 Å². The molecule has 172 valence electrons. The van der Waals surface area contributed by atoms with Gasteiger partial charge < -0.3 is 15.2 Å². The molecule has 4 aromatic rings. The number of hydrogen-bond acceptors (Lipinski definition) is 4. The minimum Gasteiger partial charge on any atom is -0.493 e. The number of hydrogen-bond donors (Lipinski definition) is 2. The molecule has 0 fully saturated rings. The molecule has 0 aromatic heterocycles. The smallest absolute Gasteiger partial charge is 0.328 e. The van der Waals surface area contributed by atoms with Gasteiger partial charge in [-0.1, -0.05) is 54.6 Å². The molecule has 0 atom stereocenters. The lowest BCUT2D eigenvalue weighted by Gasteiger charge is -2.12. The van der Waals surface area contributed by atoms with Gasteiger partial charge in [-0.25, -0.2) is 4.79 Å². The van der Waals surface area contributed by atoms with Crippen LogP contribution in [-0.2, 0) is 11.2 Å². The Morgan fingerprint density at radius 1 is 0.943 bits per heavy atom. The summed E-state index contributed by atoms with van der Waals surface area (Å²) in [5, 5.41) is 23.2. The van der Waals surface area contributed by atoms with Crippen LogP contribution in [0.4, 0.5) is 5.69 Å². The maximum absolute atomic E-state index is 12.8. The van der Waals surface area contributed by atoms with Crippen LogP contribution in [0.2, 0.25) is 0 Å². The first-order valence-corrected chi connectivity index (χ1v) is 11.0. The first-order valence-electron chi connectivity index (χ1n) is 11.0. The number of ether oxygens (including phenoxy) is 1. The SMILES string of the molecule is N#Cc1cccc(NC(=O)c2ccc(/C=C/C(=O)O)c(OCCc3ccc4ccccc4c3)c2)c1. The molecule has 0 spiro atoms. The van der Waals surface area contributed by atoms with Crippen LogP contribution in [0.3, 0.4) is 0 Å². The Balaban J connectivity index is 1.51. The zero-order valence-corrected chi connectivity index (χ0v) is 18.8. The maximum atomic E-state index is 12.8. The highest BCUT2D eigenvalue weighted by Gasteiger charge is 2.11. The average Bonchev–Trinajstić information content (AvgIpc) is 2.87. The number of carboxylic acids is 1. The van der Waals surface area contributed by atoms with E-state index < -0.39 is 5.97 Å². The molecular weight excluding hydrogens is 440 g/mol. The third-order valence-electron chi connectivity index (χ3n) is 5.39. The van der Waals surface area contributed by atoms with Crippen molar-refractivity contribution < 1.29 is 19.4 Å². The third kappa shape index (κ3) is 6.12. The summed E-state index contributed by atoms with van der Waals surface area (Å²) in [6.45, 7) is 0.349. The van der Waals surface area contributed by atoms with E-state index in [1.165, 1.54) is 6.08 Å². The van der Waals surface area contributed by atoms with Crippen molar-refractivity contribution >= 4 is 34.4 Å². The molecule has 0 heterocycles. The summed E-state index contributed by atoms with van der Waals surface area (Å²) in [4.78, 5) is 23.8. The standard InChI is InChI=1S/C29H22N2O4/c30-19-21-4-3-7-26(17-21)31-29(34)25-11-10-23(12-13-28(32)33)27(18-25)35-15-14-20-8-9-22-5-1-2-6-24(22)16-20/h1-13,16-18H,14-15H2,(H,31,34)(H,32,33)/b13-12+. The fraction of sp³-hybridized carbons (Fsp3) is 0.0690. The number of carbonyl (C=O) groups excluding carboxylic acids is 1. The highest BCUT2D eigenvalue weighted by Crippen LogP contribution is 2.24. The van der Waals surface area contributed by atoms with E-state index in [0.717, 1.165) is 22.4 Å². The summed E-state index contributed by atoms with van der Waals surface area (Å²) in [6, 6.07) is 27.8. The molecule has 6 nitrogen and oxygen atoms in total. The van der Waals surface area contributed by atoms with E-state index in [0.29, 0.717) is 41.2 Å². The number of carbonyl (C=O) groups is 2. The van der Waals surface area contributed by atoms with Crippen molar-refractivity contribution in [1.82, 2.24) is 0 Å². The summed E-state index contributed by atoms with van der Waals surface area (Å²) in [5.74, 6) is -1.04. The second-order valence-electron chi connectivity index (χ2n) is 7.85. The molecular formula is C29H22N2O4. The van der Waals surface area contributed by atoms with Gasteiger partial charge >= 0.3 is 5.97 Å². The Hall–Kier alpha value is -4.89. The van der Waals surface area contributed by atoms with Crippen LogP contribution in [0.15, 0.2) is 91.0 Å². The van der Waals surface area contributed by atoms with E-state index in [9.17, 15) is 9.59 Å². The number of nitriles is 1. The van der Waals surface area contributed by atoms with Crippen LogP contribution < -0.4 is 10.1 Å². The average molecular weight is 463 g/mol. The largest absolute Gasteiger partial charge is 0.493 e. The number of nitrogens with one attached hydrogen (secondary N) is 1. The number of anilines is 1. The highest BCUT2D eigenvalue weighted by molar-refractivity contribution is 6.04. The maximum Gasteiger partial charge on any atom is 0.328 e. The number of rotatable bonds is 8. The summed E-state index contributed by atoms with van der Waals surface area (Å²) >= 11 is 0. The van der Waals surface area contributed by atoms with Crippen LogP contribution in [0.1, 0.15) is 27.0 Å². The number of aliphatic carboxylic acids is 1.